The van der Waals surface area contributed by atoms with Crippen molar-refractivity contribution in [2.75, 3.05) is 13.2 Å². The van der Waals surface area contributed by atoms with Gasteiger partial charge in [0.25, 0.3) is 5.91 Å². The summed E-state index contributed by atoms with van der Waals surface area (Å²) in [4.78, 5) is 11.7. The van der Waals surface area contributed by atoms with E-state index in [9.17, 15) is 9.18 Å². The normalized spacial score (nSPS) is 10.4. The number of aliphatic hydroxyl groups excluding tert-OH is 1. The largest absolute Gasteiger partial charge is 0.396 e. The second-order valence-corrected chi connectivity index (χ2v) is 4.38. The zero-order valence-electron chi connectivity index (χ0n) is 10.7. The van der Waals surface area contributed by atoms with Gasteiger partial charge in [-0.25, -0.2) is 4.39 Å². The van der Waals surface area contributed by atoms with Crippen molar-refractivity contribution in [2.45, 2.75) is 32.6 Å². The van der Waals surface area contributed by atoms with Crippen molar-refractivity contribution in [3.63, 3.8) is 0 Å². The van der Waals surface area contributed by atoms with Crippen LogP contribution in [0.3, 0.4) is 0 Å². The van der Waals surface area contributed by atoms with Gasteiger partial charge < -0.3 is 10.4 Å². The zero-order chi connectivity index (χ0) is 13.4. The Kier molecular flexibility index (Phi) is 6.36. The van der Waals surface area contributed by atoms with Gasteiger partial charge in [0.15, 0.2) is 0 Å². The van der Waals surface area contributed by atoms with E-state index in [0.717, 1.165) is 31.2 Å². The first kappa shape index (κ1) is 14.6. The average Bonchev–Trinajstić information content (AvgIpc) is 2.36. The summed E-state index contributed by atoms with van der Waals surface area (Å²) in [5.41, 5.74) is 0.967. The minimum atomic E-state index is -0.488. The molecule has 3 nitrogen and oxygen atoms in total. The molecule has 1 amide bonds. The lowest BCUT2D eigenvalue weighted by Gasteiger charge is -2.06. The summed E-state index contributed by atoms with van der Waals surface area (Å²) >= 11 is 0. The van der Waals surface area contributed by atoms with Gasteiger partial charge in [-0.1, -0.05) is 24.5 Å². The maximum Gasteiger partial charge on any atom is 0.254 e. The number of benzene rings is 1. The van der Waals surface area contributed by atoms with Crippen LogP contribution in [0, 0.1) is 12.7 Å². The van der Waals surface area contributed by atoms with Crippen molar-refractivity contribution < 1.29 is 14.3 Å². The summed E-state index contributed by atoms with van der Waals surface area (Å²) in [5, 5.41) is 11.3. The lowest BCUT2D eigenvalue weighted by Crippen LogP contribution is -2.25. The molecule has 4 heteroatoms. The molecule has 0 aromatic heterocycles. The molecule has 18 heavy (non-hydrogen) atoms. The molecule has 0 heterocycles. The first-order chi connectivity index (χ1) is 8.65. The second-order valence-electron chi connectivity index (χ2n) is 4.38. The summed E-state index contributed by atoms with van der Waals surface area (Å²) in [6.07, 6.45) is 3.54. The number of aryl methyl sites for hydroxylation is 1. The SMILES string of the molecule is Cc1ccc(F)c(C(=O)NCCCCCCO)c1. The van der Waals surface area contributed by atoms with Crippen molar-refractivity contribution in [1.82, 2.24) is 5.32 Å². The molecule has 1 rings (SSSR count). The Balaban J connectivity index is 2.34. The monoisotopic (exact) mass is 253 g/mol. The van der Waals surface area contributed by atoms with Gasteiger partial charge in [-0.2, -0.15) is 0 Å². The van der Waals surface area contributed by atoms with Crippen LogP contribution in [0.25, 0.3) is 0 Å². The Labute approximate surface area is 107 Å². The molecule has 0 atom stereocenters. The highest BCUT2D eigenvalue weighted by Crippen LogP contribution is 2.09. The Hall–Kier alpha value is -1.42. The van der Waals surface area contributed by atoms with E-state index in [-0.39, 0.29) is 18.1 Å². The predicted molar refractivity (Wildman–Crippen MR) is 69.0 cm³/mol. The van der Waals surface area contributed by atoms with Crippen LogP contribution in [0.4, 0.5) is 4.39 Å². The highest BCUT2D eigenvalue weighted by Gasteiger charge is 2.10. The van der Waals surface area contributed by atoms with Gasteiger partial charge in [0.05, 0.1) is 5.56 Å². The van der Waals surface area contributed by atoms with E-state index in [0.29, 0.717) is 6.54 Å². The van der Waals surface area contributed by atoms with E-state index in [2.05, 4.69) is 5.32 Å². The van der Waals surface area contributed by atoms with Crippen LogP contribution in [-0.2, 0) is 0 Å². The van der Waals surface area contributed by atoms with Crippen molar-refractivity contribution in [3.05, 3.63) is 35.1 Å². The van der Waals surface area contributed by atoms with E-state index in [1.807, 2.05) is 6.92 Å². The first-order valence-electron chi connectivity index (χ1n) is 6.30. The van der Waals surface area contributed by atoms with Gasteiger partial charge >= 0.3 is 0 Å². The number of unbranched alkanes of at least 4 members (excludes halogenated alkanes) is 3. The number of carbonyl (C=O) groups excluding carboxylic acids is 1. The van der Waals surface area contributed by atoms with Gasteiger partial charge in [-0.05, 0) is 31.9 Å². The lowest BCUT2D eigenvalue weighted by molar-refractivity contribution is 0.0948. The molecular formula is C14H20FNO2. The second kappa shape index (κ2) is 7.82. The fourth-order valence-corrected chi connectivity index (χ4v) is 1.70. The maximum absolute atomic E-state index is 13.4. The molecule has 0 fully saturated rings. The quantitative estimate of drug-likeness (QED) is 0.733. The molecule has 0 saturated heterocycles. The average molecular weight is 253 g/mol. The highest BCUT2D eigenvalue weighted by molar-refractivity contribution is 5.94. The Morgan fingerprint density at radius 2 is 2.00 bits per heavy atom. The summed E-state index contributed by atoms with van der Waals surface area (Å²) in [6.45, 7) is 2.57. The van der Waals surface area contributed by atoms with Crippen LogP contribution >= 0.6 is 0 Å². The van der Waals surface area contributed by atoms with Gasteiger partial charge in [0, 0.05) is 13.2 Å². The van der Waals surface area contributed by atoms with Crippen LogP contribution < -0.4 is 5.32 Å². The Bertz CT molecular complexity index is 393. The van der Waals surface area contributed by atoms with Crippen molar-refractivity contribution in [3.8, 4) is 0 Å². The molecule has 0 aliphatic heterocycles. The number of hydrogen-bond donors (Lipinski definition) is 2. The first-order valence-corrected chi connectivity index (χ1v) is 6.30. The molecule has 0 saturated carbocycles. The number of hydrogen-bond acceptors (Lipinski definition) is 2. The summed E-state index contributed by atoms with van der Waals surface area (Å²) in [6, 6.07) is 4.50. The van der Waals surface area contributed by atoms with Crippen LogP contribution in [0.5, 0.6) is 0 Å². The van der Waals surface area contributed by atoms with E-state index >= 15 is 0 Å². The van der Waals surface area contributed by atoms with E-state index < -0.39 is 5.82 Å². The highest BCUT2D eigenvalue weighted by atomic mass is 19.1. The zero-order valence-corrected chi connectivity index (χ0v) is 10.7. The third kappa shape index (κ3) is 4.84. The molecule has 100 valence electrons. The molecule has 2 N–H and O–H groups in total. The van der Waals surface area contributed by atoms with Crippen molar-refractivity contribution in [2.24, 2.45) is 0 Å². The fourth-order valence-electron chi connectivity index (χ4n) is 1.70. The fraction of sp³-hybridized carbons (Fsp3) is 0.500. The minimum absolute atomic E-state index is 0.102. The van der Waals surface area contributed by atoms with Crippen LogP contribution in [0.2, 0.25) is 0 Å². The van der Waals surface area contributed by atoms with Gasteiger partial charge in [0.1, 0.15) is 5.82 Å². The topological polar surface area (TPSA) is 49.3 Å². The number of amides is 1. The molecule has 0 unspecified atom stereocenters. The minimum Gasteiger partial charge on any atom is -0.396 e. The smallest absolute Gasteiger partial charge is 0.254 e. The Morgan fingerprint density at radius 1 is 1.28 bits per heavy atom. The molecule has 0 radical (unpaired) electrons. The van der Waals surface area contributed by atoms with Crippen molar-refractivity contribution in [1.29, 1.82) is 0 Å². The molecule has 1 aromatic rings. The van der Waals surface area contributed by atoms with Gasteiger partial charge in [-0.15, -0.1) is 0 Å². The number of halogens is 1. The number of rotatable bonds is 7. The lowest BCUT2D eigenvalue weighted by atomic mass is 10.1. The van der Waals surface area contributed by atoms with E-state index in [1.54, 1.807) is 12.1 Å². The molecule has 0 bridgehead atoms. The summed E-state index contributed by atoms with van der Waals surface area (Å²) in [7, 11) is 0. The van der Waals surface area contributed by atoms with Gasteiger partial charge in [0.2, 0.25) is 0 Å². The van der Waals surface area contributed by atoms with Crippen LogP contribution in [0.1, 0.15) is 41.6 Å². The van der Waals surface area contributed by atoms with Crippen LogP contribution in [0.15, 0.2) is 18.2 Å². The number of carbonyl (C=O) groups is 1. The third-order valence-corrected chi connectivity index (χ3v) is 2.74. The third-order valence-electron chi connectivity index (χ3n) is 2.74. The number of nitrogens with one attached hydrogen (secondary N) is 1. The van der Waals surface area contributed by atoms with E-state index in [1.165, 1.54) is 6.07 Å². The predicted octanol–water partition coefficient (Wildman–Crippen LogP) is 2.42. The molecule has 1 aromatic carbocycles. The maximum atomic E-state index is 13.4. The van der Waals surface area contributed by atoms with Crippen LogP contribution in [-0.4, -0.2) is 24.2 Å². The summed E-state index contributed by atoms with van der Waals surface area (Å²) < 4.78 is 13.4. The molecule has 0 spiro atoms. The molecule has 0 aliphatic carbocycles. The van der Waals surface area contributed by atoms with Crippen molar-refractivity contribution >= 4 is 5.91 Å². The van der Waals surface area contributed by atoms with E-state index in [4.69, 9.17) is 5.11 Å². The number of aliphatic hydroxyl groups is 1. The standard InChI is InChI=1S/C14H20FNO2/c1-11-6-7-13(15)12(10-11)14(18)16-8-4-2-3-5-9-17/h6-7,10,17H,2-5,8-9H2,1H3,(H,16,18). The summed E-state index contributed by atoms with van der Waals surface area (Å²) in [5.74, 6) is -0.850. The molecule has 0 aliphatic rings. The van der Waals surface area contributed by atoms with Gasteiger partial charge in [-0.3, -0.25) is 4.79 Å². The molecular weight excluding hydrogens is 233 g/mol. The Morgan fingerprint density at radius 3 is 2.72 bits per heavy atom.